The molecular formula is C13H11ClN4O2. The van der Waals surface area contributed by atoms with Crippen molar-refractivity contribution in [3.8, 4) is 6.07 Å². The molecule has 0 radical (unpaired) electrons. The van der Waals surface area contributed by atoms with E-state index in [-0.39, 0.29) is 10.7 Å². The first-order chi connectivity index (χ1) is 9.51. The van der Waals surface area contributed by atoms with E-state index < -0.39 is 4.92 Å². The average Bonchev–Trinajstić information content (AvgIpc) is 2.78. The van der Waals surface area contributed by atoms with Gasteiger partial charge in [-0.15, -0.1) is 0 Å². The molecule has 7 heteroatoms. The summed E-state index contributed by atoms with van der Waals surface area (Å²) in [6.45, 7) is 0.467. The van der Waals surface area contributed by atoms with E-state index in [0.29, 0.717) is 17.9 Å². The van der Waals surface area contributed by atoms with Gasteiger partial charge in [0.25, 0.3) is 5.69 Å². The van der Waals surface area contributed by atoms with Crippen LogP contribution in [0.1, 0.15) is 11.3 Å². The number of nitro groups is 1. The minimum Gasteiger partial charge on any atom is -0.381 e. The number of nitro benzene ring substituents is 1. The Balaban J connectivity index is 2.13. The highest BCUT2D eigenvalue weighted by Crippen LogP contribution is 2.27. The second kappa shape index (κ2) is 5.63. The van der Waals surface area contributed by atoms with Crippen molar-refractivity contribution in [1.82, 2.24) is 4.57 Å². The standard InChI is InChI=1S/C13H11ClN4O2/c1-17-8-9(4-11(17)6-15)7-16-10-2-3-12(14)13(5-10)18(19)20/h2-5,8,16H,7H2,1H3. The number of aryl methyl sites for hydroxylation is 1. The maximum atomic E-state index is 10.8. The lowest BCUT2D eigenvalue weighted by atomic mass is 10.2. The monoisotopic (exact) mass is 290 g/mol. The van der Waals surface area contributed by atoms with Crippen LogP contribution in [0, 0.1) is 21.4 Å². The Morgan fingerprint density at radius 1 is 1.50 bits per heavy atom. The molecule has 2 rings (SSSR count). The summed E-state index contributed by atoms with van der Waals surface area (Å²) >= 11 is 5.74. The molecule has 0 aliphatic rings. The van der Waals surface area contributed by atoms with Gasteiger partial charge in [-0.05, 0) is 23.8 Å². The molecule has 0 spiro atoms. The minimum absolute atomic E-state index is 0.104. The molecule has 2 aromatic rings. The molecule has 0 fully saturated rings. The Hall–Kier alpha value is -2.52. The van der Waals surface area contributed by atoms with Crippen molar-refractivity contribution in [3.05, 3.63) is 56.9 Å². The van der Waals surface area contributed by atoms with E-state index in [1.807, 2.05) is 6.20 Å². The number of hydrogen-bond donors (Lipinski definition) is 1. The first-order valence-electron chi connectivity index (χ1n) is 5.74. The lowest BCUT2D eigenvalue weighted by Crippen LogP contribution is -1.99. The van der Waals surface area contributed by atoms with E-state index in [1.165, 1.54) is 12.1 Å². The average molecular weight is 291 g/mol. The van der Waals surface area contributed by atoms with Gasteiger partial charge in [0.1, 0.15) is 16.8 Å². The van der Waals surface area contributed by atoms with Crippen molar-refractivity contribution in [3.63, 3.8) is 0 Å². The fourth-order valence-electron chi connectivity index (χ4n) is 1.81. The van der Waals surface area contributed by atoms with Crippen molar-refractivity contribution in [2.75, 3.05) is 5.32 Å². The summed E-state index contributed by atoms with van der Waals surface area (Å²) in [6, 6.07) is 8.37. The van der Waals surface area contributed by atoms with Crippen LogP contribution in [0.3, 0.4) is 0 Å². The topological polar surface area (TPSA) is 83.9 Å². The number of nitriles is 1. The van der Waals surface area contributed by atoms with Crippen LogP contribution in [0.15, 0.2) is 30.5 Å². The van der Waals surface area contributed by atoms with Gasteiger partial charge in [0.05, 0.1) is 4.92 Å². The second-order valence-corrected chi connectivity index (χ2v) is 4.64. The maximum absolute atomic E-state index is 10.8. The van der Waals surface area contributed by atoms with Gasteiger partial charge in [-0.3, -0.25) is 10.1 Å². The molecule has 1 aromatic carbocycles. The van der Waals surface area contributed by atoms with Gasteiger partial charge >= 0.3 is 0 Å². The van der Waals surface area contributed by atoms with Gasteiger partial charge < -0.3 is 9.88 Å². The van der Waals surface area contributed by atoms with Crippen LogP contribution in [0.4, 0.5) is 11.4 Å². The summed E-state index contributed by atoms with van der Waals surface area (Å²) in [5.74, 6) is 0. The van der Waals surface area contributed by atoms with Crippen LogP contribution in [0.2, 0.25) is 5.02 Å². The maximum Gasteiger partial charge on any atom is 0.289 e. The van der Waals surface area contributed by atoms with Gasteiger partial charge in [0, 0.05) is 31.5 Å². The largest absolute Gasteiger partial charge is 0.381 e. The van der Waals surface area contributed by atoms with Crippen LogP contribution in [-0.2, 0) is 13.6 Å². The number of hydrogen-bond acceptors (Lipinski definition) is 4. The highest BCUT2D eigenvalue weighted by molar-refractivity contribution is 6.32. The highest BCUT2D eigenvalue weighted by atomic mass is 35.5. The lowest BCUT2D eigenvalue weighted by Gasteiger charge is -2.05. The Morgan fingerprint density at radius 2 is 2.25 bits per heavy atom. The zero-order chi connectivity index (χ0) is 14.7. The first-order valence-corrected chi connectivity index (χ1v) is 6.12. The molecule has 0 saturated heterocycles. The molecular weight excluding hydrogens is 280 g/mol. The molecule has 6 nitrogen and oxygen atoms in total. The third-order valence-corrected chi connectivity index (χ3v) is 3.14. The summed E-state index contributed by atoms with van der Waals surface area (Å²) in [4.78, 5) is 10.3. The zero-order valence-corrected chi connectivity index (χ0v) is 11.4. The predicted molar refractivity (Wildman–Crippen MR) is 75.6 cm³/mol. The van der Waals surface area contributed by atoms with Crippen molar-refractivity contribution in [2.45, 2.75) is 6.54 Å². The quantitative estimate of drug-likeness (QED) is 0.693. The smallest absolute Gasteiger partial charge is 0.289 e. The number of halogens is 1. The Morgan fingerprint density at radius 3 is 2.85 bits per heavy atom. The summed E-state index contributed by atoms with van der Waals surface area (Å²) in [7, 11) is 1.79. The summed E-state index contributed by atoms with van der Waals surface area (Å²) in [5.41, 5.74) is 1.94. The molecule has 0 aliphatic heterocycles. The molecule has 0 amide bonds. The number of anilines is 1. The Labute approximate surface area is 120 Å². The number of nitrogens with one attached hydrogen (secondary N) is 1. The van der Waals surface area contributed by atoms with Crippen molar-refractivity contribution in [2.24, 2.45) is 7.05 Å². The summed E-state index contributed by atoms with van der Waals surface area (Å²) < 4.78 is 1.72. The molecule has 0 saturated carbocycles. The van der Waals surface area contributed by atoms with E-state index in [2.05, 4.69) is 11.4 Å². The molecule has 1 N–H and O–H groups in total. The van der Waals surface area contributed by atoms with E-state index >= 15 is 0 Å². The zero-order valence-electron chi connectivity index (χ0n) is 10.6. The van der Waals surface area contributed by atoms with E-state index in [1.54, 1.807) is 23.7 Å². The van der Waals surface area contributed by atoms with Crippen LogP contribution in [-0.4, -0.2) is 9.49 Å². The van der Waals surface area contributed by atoms with Gasteiger partial charge in [-0.25, -0.2) is 0 Å². The molecule has 0 unspecified atom stereocenters. The summed E-state index contributed by atoms with van der Waals surface area (Å²) in [6.07, 6.45) is 1.83. The third-order valence-electron chi connectivity index (χ3n) is 2.82. The second-order valence-electron chi connectivity index (χ2n) is 4.23. The van der Waals surface area contributed by atoms with Crippen LogP contribution in [0.5, 0.6) is 0 Å². The van der Waals surface area contributed by atoms with E-state index in [4.69, 9.17) is 16.9 Å². The molecule has 20 heavy (non-hydrogen) atoms. The van der Waals surface area contributed by atoms with Crippen LogP contribution in [0.25, 0.3) is 0 Å². The van der Waals surface area contributed by atoms with E-state index in [9.17, 15) is 10.1 Å². The Bertz CT molecular complexity index is 703. The highest BCUT2D eigenvalue weighted by Gasteiger charge is 2.12. The third kappa shape index (κ3) is 2.90. The number of nitrogens with zero attached hydrogens (tertiary/aromatic N) is 3. The van der Waals surface area contributed by atoms with E-state index in [0.717, 1.165) is 5.56 Å². The van der Waals surface area contributed by atoms with Crippen molar-refractivity contribution >= 4 is 23.0 Å². The number of aromatic nitrogens is 1. The summed E-state index contributed by atoms with van der Waals surface area (Å²) in [5, 5.41) is 22.8. The molecule has 0 aliphatic carbocycles. The van der Waals surface area contributed by atoms with Gasteiger partial charge in [0.15, 0.2) is 0 Å². The van der Waals surface area contributed by atoms with Crippen LogP contribution < -0.4 is 5.32 Å². The Kier molecular flexibility index (Phi) is 3.91. The van der Waals surface area contributed by atoms with Crippen molar-refractivity contribution in [1.29, 1.82) is 5.26 Å². The van der Waals surface area contributed by atoms with Crippen LogP contribution >= 0.6 is 11.6 Å². The fourth-order valence-corrected chi connectivity index (χ4v) is 1.99. The van der Waals surface area contributed by atoms with Gasteiger partial charge in [0.2, 0.25) is 0 Å². The number of rotatable bonds is 4. The molecule has 102 valence electrons. The van der Waals surface area contributed by atoms with Crippen molar-refractivity contribution < 1.29 is 4.92 Å². The fraction of sp³-hybridized carbons (Fsp3) is 0.154. The van der Waals surface area contributed by atoms with Gasteiger partial charge in [-0.1, -0.05) is 11.6 Å². The lowest BCUT2D eigenvalue weighted by molar-refractivity contribution is -0.384. The molecule has 1 heterocycles. The molecule has 0 atom stereocenters. The molecule has 1 aromatic heterocycles. The molecule has 0 bridgehead atoms. The normalized spacial score (nSPS) is 10.1. The minimum atomic E-state index is -0.524. The number of benzene rings is 1. The van der Waals surface area contributed by atoms with Gasteiger partial charge in [-0.2, -0.15) is 5.26 Å². The SMILES string of the molecule is Cn1cc(CNc2ccc(Cl)c([N+](=O)[O-])c2)cc1C#N. The first kappa shape index (κ1) is 13.9. The predicted octanol–water partition coefficient (Wildman–Crippen LogP) is 3.07.